The minimum Gasteiger partial charge on any atom is -0.497 e. The van der Waals surface area contributed by atoms with E-state index in [0.29, 0.717) is 0 Å². The highest BCUT2D eigenvalue weighted by molar-refractivity contribution is 5.63. The van der Waals surface area contributed by atoms with Crippen LogP contribution >= 0.6 is 0 Å². The second-order valence-electron chi connectivity index (χ2n) is 5.09. The summed E-state index contributed by atoms with van der Waals surface area (Å²) in [5.41, 5.74) is 3.62. The number of nitrogens with zero attached hydrogens (tertiary/aromatic N) is 3. The van der Waals surface area contributed by atoms with Gasteiger partial charge in [0.2, 0.25) is 0 Å². The number of hydrogen-bond acceptors (Lipinski definition) is 4. The maximum atomic E-state index is 5.20. The van der Waals surface area contributed by atoms with Crippen molar-refractivity contribution >= 4 is 11.5 Å². The van der Waals surface area contributed by atoms with E-state index in [4.69, 9.17) is 4.74 Å². The molecule has 4 nitrogen and oxygen atoms in total. The summed E-state index contributed by atoms with van der Waals surface area (Å²) in [4.78, 5) is 11.1. The second-order valence-corrected chi connectivity index (χ2v) is 5.09. The second kappa shape index (κ2) is 5.49. The lowest BCUT2D eigenvalue weighted by molar-refractivity contribution is 0.415. The lowest BCUT2D eigenvalue weighted by Gasteiger charge is -2.24. The summed E-state index contributed by atoms with van der Waals surface area (Å²) in [5.74, 6) is 1.90. The van der Waals surface area contributed by atoms with Gasteiger partial charge in [-0.25, -0.2) is 9.97 Å². The van der Waals surface area contributed by atoms with Crippen molar-refractivity contribution in [3.05, 3.63) is 41.9 Å². The summed E-state index contributed by atoms with van der Waals surface area (Å²) >= 11 is 0. The molecular formula is C16H19N3O. The van der Waals surface area contributed by atoms with Crippen molar-refractivity contribution in [2.45, 2.75) is 25.7 Å². The average molecular weight is 269 g/mol. The van der Waals surface area contributed by atoms with Gasteiger partial charge in [0.05, 0.1) is 7.11 Å². The fourth-order valence-electron chi connectivity index (χ4n) is 2.72. The molecule has 0 N–H and O–H groups in total. The lowest BCUT2D eigenvalue weighted by Crippen LogP contribution is -2.17. The average Bonchev–Trinajstić information content (AvgIpc) is 2.54. The Morgan fingerprint density at radius 3 is 2.55 bits per heavy atom. The number of methoxy groups -OCH3 is 1. The van der Waals surface area contributed by atoms with Crippen molar-refractivity contribution in [2.24, 2.45) is 0 Å². The van der Waals surface area contributed by atoms with Crippen molar-refractivity contribution in [3.63, 3.8) is 0 Å². The summed E-state index contributed by atoms with van der Waals surface area (Å²) in [6.07, 6.45) is 6.28. The highest BCUT2D eigenvalue weighted by atomic mass is 16.5. The van der Waals surface area contributed by atoms with Crippen LogP contribution in [0.25, 0.3) is 0 Å². The molecule has 1 aromatic heterocycles. The fraction of sp³-hybridized carbons (Fsp3) is 0.375. The van der Waals surface area contributed by atoms with Gasteiger partial charge in [-0.3, -0.25) is 0 Å². The van der Waals surface area contributed by atoms with Gasteiger partial charge in [-0.2, -0.15) is 0 Å². The first-order valence-corrected chi connectivity index (χ1v) is 7.00. The van der Waals surface area contributed by atoms with Crippen molar-refractivity contribution in [3.8, 4) is 5.75 Å². The molecule has 0 saturated heterocycles. The van der Waals surface area contributed by atoms with Crippen LogP contribution in [0.3, 0.4) is 0 Å². The number of benzene rings is 1. The molecule has 0 unspecified atom stereocenters. The molecule has 2 aromatic rings. The highest BCUT2D eigenvalue weighted by Gasteiger charge is 2.18. The van der Waals surface area contributed by atoms with Gasteiger partial charge in [-0.1, -0.05) is 0 Å². The Morgan fingerprint density at radius 1 is 1.05 bits per heavy atom. The van der Waals surface area contributed by atoms with Crippen molar-refractivity contribution in [1.82, 2.24) is 9.97 Å². The Bertz CT molecular complexity index is 595. The van der Waals surface area contributed by atoms with Gasteiger partial charge in [-0.15, -0.1) is 0 Å². The molecule has 0 bridgehead atoms. The van der Waals surface area contributed by atoms with Gasteiger partial charge < -0.3 is 9.64 Å². The predicted molar refractivity (Wildman–Crippen MR) is 79.7 cm³/mol. The maximum absolute atomic E-state index is 5.20. The van der Waals surface area contributed by atoms with E-state index < -0.39 is 0 Å². The van der Waals surface area contributed by atoms with Crippen LogP contribution in [0.15, 0.2) is 30.6 Å². The van der Waals surface area contributed by atoms with Crippen molar-refractivity contribution in [2.75, 3.05) is 19.1 Å². The van der Waals surface area contributed by atoms with Gasteiger partial charge in [0.1, 0.15) is 17.9 Å². The van der Waals surface area contributed by atoms with Crippen LogP contribution in [0, 0.1) is 0 Å². The zero-order valence-electron chi connectivity index (χ0n) is 12.0. The van der Waals surface area contributed by atoms with Gasteiger partial charge in [0.25, 0.3) is 0 Å². The smallest absolute Gasteiger partial charge is 0.139 e. The van der Waals surface area contributed by atoms with Gasteiger partial charge in [0.15, 0.2) is 0 Å². The van der Waals surface area contributed by atoms with E-state index in [2.05, 4.69) is 34.0 Å². The van der Waals surface area contributed by atoms with Crippen LogP contribution < -0.4 is 9.64 Å². The van der Waals surface area contributed by atoms with E-state index in [-0.39, 0.29) is 0 Å². The number of ether oxygens (including phenoxy) is 1. The van der Waals surface area contributed by atoms with Crippen LogP contribution in [0.2, 0.25) is 0 Å². The van der Waals surface area contributed by atoms with Crippen LogP contribution in [0.5, 0.6) is 5.75 Å². The molecule has 1 aromatic carbocycles. The molecule has 0 fully saturated rings. The van der Waals surface area contributed by atoms with Crippen LogP contribution in [-0.2, 0) is 12.8 Å². The Hall–Kier alpha value is -2.10. The zero-order chi connectivity index (χ0) is 13.9. The first kappa shape index (κ1) is 12.9. The van der Waals surface area contributed by atoms with Crippen molar-refractivity contribution in [1.29, 1.82) is 0 Å². The Morgan fingerprint density at radius 2 is 1.80 bits per heavy atom. The molecule has 0 aliphatic heterocycles. The molecule has 0 spiro atoms. The minimum absolute atomic E-state index is 0.867. The van der Waals surface area contributed by atoms with Crippen LogP contribution in [0.1, 0.15) is 24.1 Å². The maximum Gasteiger partial charge on any atom is 0.139 e. The number of aromatic nitrogens is 2. The van der Waals surface area contributed by atoms with Crippen LogP contribution in [0.4, 0.5) is 11.5 Å². The Balaban J connectivity index is 1.95. The van der Waals surface area contributed by atoms with E-state index in [9.17, 15) is 0 Å². The van der Waals surface area contributed by atoms with Crippen molar-refractivity contribution < 1.29 is 4.74 Å². The summed E-state index contributed by atoms with van der Waals surface area (Å²) < 4.78 is 5.20. The molecule has 1 aliphatic carbocycles. The first-order chi connectivity index (χ1) is 9.79. The molecule has 1 aliphatic rings. The molecule has 0 saturated carbocycles. The number of hydrogen-bond donors (Lipinski definition) is 0. The predicted octanol–water partition coefficient (Wildman–Crippen LogP) is 3.13. The largest absolute Gasteiger partial charge is 0.497 e. The van der Waals surface area contributed by atoms with Crippen LogP contribution in [-0.4, -0.2) is 24.1 Å². The number of anilines is 2. The zero-order valence-corrected chi connectivity index (χ0v) is 12.0. The molecule has 20 heavy (non-hydrogen) atoms. The minimum atomic E-state index is 0.867. The molecular weight excluding hydrogens is 250 g/mol. The quantitative estimate of drug-likeness (QED) is 0.858. The van der Waals surface area contributed by atoms with E-state index in [1.807, 2.05) is 12.1 Å². The molecule has 3 rings (SSSR count). The normalized spacial score (nSPS) is 13.7. The third kappa shape index (κ3) is 2.33. The van der Waals surface area contributed by atoms with E-state index in [1.165, 1.54) is 24.1 Å². The van der Waals surface area contributed by atoms with Gasteiger partial charge >= 0.3 is 0 Å². The summed E-state index contributed by atoms with van der Waals surface area (Å²) in [6.45, 7) is 0. The van der Waals surface area contributed by atoms with Gasteiger partial charge in [-0.05, 0) is 49.9 Å². The Kier molecular flexibility index (Phi) is 3.54. The standard InChI is InChI=1S/C16H19N3O/c1-19(12-7-9-13(20-2)10-8-12)16-14-5-3-4-6-15(14)17-11-18-16/h7-11H,3-6H2,1-2H3. The SMILES string of the molecule is COc1ccc(N(C)c2ncnc3c2CCCC3)cc1. The summed E-state index contributed by atoms with van der Waals surface area (Å²) in [7, 11) is 3.73. The van der Waals surface area contributed by atoms with E-state index >= 15 is 0 Å². The topological polar surface area (TPSA) is 38.2 Å². The Labute approximate surface area is 119 Å². The lowest BCUT2D eigenvalue weighted by atomic mass is 9.96. The van der Waals surface area contributed by atoms with E-state index in [0.717, 1.165) is 30.1 Å². The third-order valence-corrected chi connectivity index (χ3v) is 3.88. The molecule has 0 atom stereocenters. The molecule has 4 heteroatoms. The number of aryl methyl sites for hydroxylation is 1. The molecule has 1 heterocycles. The molecule has 104 valence electrons. The summed E-state index contributed by atoms with van der Waals surface area (Å²) in [6, 6.07) is 8.05. The fourth-order valence-corrected chi connectivity index (χ4v) is 2.72. The number of rotatable bonds is 3. The summed E-state index contributed by atoms with van der Waals surface area (Å²) in [5, 5.41) is 0. The van der Waals surface area contributed by atoms with E-state index in [1.54, 1.807) is 13.4 Å². The highest BCUT2D eigenvalue weighted by Crippen LogP contribution is 2.31. The number of fused-ring (bicyclic) bond motifs is 1. The van der Waals surface area contributed by atoms with Gasteiger partial charge in [0, 0.05) is 24.0 Å². The monoisotopic (exact) mass is 269 g/mol. The molecule has 0 radical (unpaired) electrons. The first-order valence-electron chi connectivity index (χ1n) is 7.00. The third-order valence-electron chi connectivity index (χ3n) is 3.88. The molecule has 0 amide bonds.